The highest BCUT2D eigenvalue weighted by Crippen LogP contribution is 2.26. The van der Waals surface area contributed by atoms with Crippen molar-refractivity contribution in [3.05, 3.63) is 35.7 Å². The van der Waals surface area contributed by atoms with E-state index in [0.717, 1.165) is 24.2 Å². The summed E-state index contributed by atoms with van der Waals surface area (Å²) in [6.45, 7) is 4.45. The summed E-state index contributed by atoms with van der Waals surface area (Å²) < 4.78 is 10.9. The van der Waals surface area contributed by atoms with Crippen LogP contribution in [0.25, 0.3) is 11.5 Å². The van der Waals surface area contributed by atoms with Crippen LogP contribution in [-0.4, -0.2) is 41.5 Å². The van der Waals surface area contributed by atoms with Crippen LogP contribution in [0.4, 0.5) is 0 Å². The lowest BCUT2D eigenvalue weighted by atomic mass is 9.99. The molecule has 1 aliphatic heterocycles. The van der Waals surface area contributed by atoms with Gasteiger partial charge in [-0.25, -0.2) is 4.98 Å². The summed E-state index contributed by atoms with van der Waals surface area (Å²) in [6, 6.07) is 7.68. The quantitative estimate of drug-likeness (QED) is 0.936. The number of hydrogen-bond acceptors (Lipinski definition) is 5. The highest BCUT2D eigenvalue weighted by Gasteiger charge is 2.30. The monoisotopic (exact) mass is 329 g/mol. The Kier molecular flexibility index (Phi) is 4.57. The molecule has 1 aliphatic rings. The van der Waals surface area contributed by atoms with Gasteiger partial charge in [0.1, 0.15) is 11.5 Å². The molecule has 24 heavy (non-hydrogen) atoms. The fourth-order valence-corrected chi connectivity index (χ4v) is 3.10. The lowest BCUT2D eigenvalue weighted by Gasteiger charge is -2.35. The summed E-state index contributed by atoms with van der Waals surface area (Å²) in [5.74, 6) is 1.65. The van der Waals surface area contributed by atoms with Gasteiger partial charge in [-0.15, -0.1) is 0 Å². The molecule has 0 aliphatic carbocycles. The van der Waals surface area contributed by atoms with Crippen LogP contribution in [0.3, 0.4) is 0 Å². The highest BCUT2D eigenvalue weighted by molar-refractivity contribution is 5.94. The summed E-state index contributed by atoms with van der Waals surface area (Å²) >= 11 is 0. The Bertz CT molecular complexity index is 724. The smallest absolute Gasteiger partial charge is 0.276 e. The molecule has 3 rings (SSSR count). The molecule has 1 fully saturated rings. The van der Waals surface area contributed by atoms with Gasteiger partial charge in [0.05, 0.1) is 7.11 Å². The fraction of sp³-hybridized carbons (Fsp3) is 0.444. The van der Waals surface area contributed by atoms with Gasteiger partial charge in [0, 0.05) is 24.2 Å². The van der Waals surface area contributed by atoms with E-state index in [2.05, 4.69) is 4.98 Å². The average molecular weight is 329 g/mol. The first-order chi connectivity index (χ1) is 11.5. The second-order valence-corrected chi connectivity index (χ2v) is 6.28. The number of hydrogen-bond donors (Lipinski definition) is 1. The largest absolute Gasteiger partial charge is 0.497 e. The number of piperidine rings is 1. The van der Waals surface area contributed by atoms with E-state index in [4.69, 9.17) is 14.9 Å². The van der Waals surface area contributed by atoms with Crippen molar-refractivity contribution in [2.24, 2.45) is 5.73 Å². The lowest BCUT2D eigenvalue weighted by Crippen LogP contribution is -2.48. The Morgan fingerprint density at radius 1 is 1.38 bits per heavy atom. The van der Waals surface area contributed by atoms with Crippen molar-refractivity contribution in [3.8, 4) is 17.2 Å². The van der Waals surface area contributed by atoms with Gasteiger partial charge in [-0.1, -0.05) is 0 Å². The van der Waals surface area contributed by atoms with E-state index in [1.807, 2.05) is 36.1 Å². The summed E-state index contributed by atoms with van der Waals surface area (Å²) in [4.78, 5) is 19.1. The maximum absolute atomic E-state index is 12.8. The van der Waals surface area contributed by atoms with Gasteiger partial charge in [0.15, 0.2) is 5.69 Å². The standard InChI is InChI=1S/C18H23N3O3/c1-11-10-14(19)8-9-21(11)18(22)16-12(2)24-17(20-16)13-4-6-15(23-3)7-5-13/h4-7,11,14H,8-10,19H2,1-3H3/t11-,14+/m0/s1. The number of ether oxygens (including phenoxy) is 1. The minimum atomic E-state index is -0.0876. The van der Waals surface area contributed by atoms with Gasteiger partial charge in [-0.05, 0) is 51.0 Å². The summed E-state index contributed by atoms with van der Waals surface area (Å²) in [7, 11) is 1.62. The summed E-state index contributed by atoms with van der Waals surface area (Å²) in [6.07, 6.45) is 1.63. The number of rotatable bonds is 3. The molecule has 2 heterocycles. The first-order valence-corrected chi connectivity index (χ1v) is 8.18. The fourth-order valence-electron chi connectivity index (χ4n) is 3.10. The number of aromatic nitrogens is 1. The van der Waals surface area contributed by atoms with E-state index in [1.165, 1.54) is 0 Å². The molecule has 1 aromatic heterocycles. The van der Waals surface area contributed by atoms with Crippen LogP contribution in [0.2, 0.25) is 0 Å². The molecule has 2 N–H and O–H groups in total. The molecule has 2 aromatic rings. The third-order valence-electron chi connectivity index (χ3n) is 4.51. The number of amides is 1. The van der Waals surface area contributed by atoms with Gasteiger partial charge in [-0.2, -0.15) is 0 Å². The number of aryl methyl sites for hydroxylation is 1. The SMILES string of the molecule is COc1ccc(-c2nc(C(=O)N3CC[C@@H](N)C[C@@H]3C)c(C)o2)cc1. The Balaban J connectivity index is 1.84. The third kappa shape index (κ3) is 3.14. The minimum absolute atomic E-state index is 0.0876. The van der Waals surface area contributed by atoms with Crippen molar-refractivity contribution in [3.63, 3.8) is 0 Å². The van der Waals surface area contributed by atoms with Crippen molar-refractivity contribution in [1.82, 2.24) is 9.88 Å². The first kappa shape index (κ1) is 16.5. The van der Waals surface area contributed by atoms with Crippen LogP contribution in [-0.2, 0) is 0 Å². The van der Waals surface area contributed by atoms with Crippen molar-refractivity contribution in [2.45, 2.75) is 38.8 Å². The number of nitrogens with two attached hydrogens (primary N) is 1. The first-order valence-electron chi connectivity index (χ1n) is 8.18. The van der Waals surface area contributed by atoms with Crippen molar-refractivity contribution in [1.29, 1.82) is 0 Å². The van der Waals surface area contributed by atoms with Crippen molar-refractivity contribution >= 4 is 5.91 Å². The number of benzene rings is 1. The van der Waals surface area contributed by atoms with Crippen molar-refractivity contribution < 1.29 is 13.9 Å². The normalized spacial score (nSPS) is 20.9. The van der Waals surface area contributed by atoms with Crippen LogP contribution in [0.1, 0.15) is 36.0 Å². The van der Waals surface area contributed by atoms with E-state index in [9.17, 15) is 4.79 Å². The Hall–Kier alpha value is -2.34. The molecule has 1 amide bonds. The molecular weight excluding hydrogens is 306 g/mol. The predicted octanol–water partition coefficient (Wildman–Crippen LogP) is 2.61. The maximum atomic E-state index is 12.8. The number of nitrogens with zero attached hydrogens (tertiary/aromatic N) is 2. The second-order valence-electron chi connectivity index (χ2n) is 6.28. The minimum Gasteiger partial charge on any atom is -0.497 e. The maximum Gasteiger partial charge on any atom is 0.276 e. The molecule has 6 nitrogen and oxygen atoms in total. The number of oxazole rings is 1. The van der Waals surface area contributed by atoms with Gasteiger partial charge in [-0.3, -0.25) is 4.79 Å². The van der Waals surface area contributed by atoms with E-state index < -0.39 is 0 Å². The van der Waals surface area contributed by atoms with Crippen LogP contribution in [0.15, 0.2) is 28.7 Å². The second kappa shape index (κ2) is 6.65. The molecule has 2 atom stereocenters. The molecule has 6 heteroatoms. The lowest BCUT2D eigenvalue weighted by molar-refractivity contribution is 0.0612. The van der Waals surface area contributed by atoms with Gasteiger partial charge in [0.2, 0.25) is 5.89 Å². The summed E-state index contributed by atoms with van der Waals surface area (Å²) in [5, 5.41) is 0. The Morgan fingerprint density at radius 3 is 2.71 bits per heavy atom. The molecule has 1 saturated heterocycles. The number of carbonyl (C=O) groups is 1. The predicted molar refractivity (Wildman–Crippen MR) is 90.9 cm³/mol. The molecule has 0 spiro atoms. The van der Waals surface area contributed by atoms with E-state index in [1.54, 1.807) is 14.0 Å². The van der Waals surface area contributed by atoms with Crippen molar-refractivity contribution in [2.75, 3.05) is 13.7 Å². The zero-order valence-corrected chi connectivity index (χ0v) is 14.3. The molecule has 1 aromatic carbocycles. The van der Waals surface area contributed by atoms with Gasteiger partial charge in [0.25, 0.3) is 5.91 Å². The van der Waals surface area contributed by atoms with Crippen LogP contribution < -0.4 is 10.5 Å². The Morgan fingerprint density at radius 2 is 2.08 bits per heavy atom. The molecule has 128 valence electrons. The van der Waals surface area contributed by atoms with Crippen LogP contribution in [0.5, 0.6) is 5.75 Å². The third-order valence-corrected chi connectivity index (χ3v) is 4.51. The number of carbonyl (C=O) groups excluding carboxylic acids is 1. The average Bonchev–Trinajstić information content (AvgIpc) is 2.96. The van der Waals surface area contributed by atoms with Gasteiger partial charge < -0.3 is 19.8 Å². The van der Waals surface area contributed by atoms with Crippen LogP contribution in [0, 0.1) is 6.92 Å². The number of likely N-dealkylation sites (tertiary alicyclic amines) is 1. The topological polar surface area (TPSA) is 81.6 Å². The van der Waals surface area contributed by atoms with Gasteiger partial charge >= 0.3 is 0 Å². The van der Waals surface area contributed by atoms with Crippen LogP contribution >= 0.6 is 0 Å². The molecule has 0 radical (unpaired) electrons. The van der Waals surface area contributed by atoms with E-state index in [-0.39, 0.29) is 18.0 Å². The molecule has 0 unspecified atom stereocenters. The zero-order valence-electron chi connectivity index (χ0n) is 14.3. The Labute approximate surface area is 141 Å². The number of methoxy groups -OCH3 is 1. The van der Waals surface area contributed by atoms with E-state index in [0.29, 0.717) is 23.9 Å². The molecular formula is C18H23N3O3. The highest BCUT2D eigenvalue weighted by atomic mass is 16.5. The summed E-state index contributed by atoms with van der Waals surface area (Å²) in [5.41, 5.74) is 7.17. The molecule has 0 bridgehead atoms. The van der Waals surface area contributed by atoms with E-state index >= 15 is 0 Å². The molecule has 0 saturated carbocycles. The zero-order chi connectivity index (χ0) is 17.3.